The second-order valence-corrected chi connectivity index (χ2v) is 6.63. The minimum Gasteiger partial charge on any atom is -0.335 e. The van der Waals surface area contributed by atoms with Crippen molar-refractivity contribution < 1.29 is 9.59 Å². The summed E-state index contributed by atoms with van der Waals surface area (Å²) >= 11 is 0. The summed E-state index contributed by atoms with van der Waals surface area (Å²) < 4.78 is 0. The Bertz CT molecular complexity index is 976. The Kier molecular flexibility index (Phi) is 5.10. The molecule has 3 aromatic rings. The summed E-state index contributed by atoms with van der Waals surface area (Å²) in [6, 6.07) is 16.4. The van der Waals surface area contributed by atoms with Gasteiger partial charge in [-0.25, -0.2) is 4.98 Å². The van der Waals surface area contributed by atoms with Crippen LogP contribution >= 0.6 is 0 Å². The van der Waals surface area contributed by atoms with Crippen molar-refractivity contribution in [2.75, 3.05) is 11.4 Å². The normalized spacial score (nSPS) is 14.1. The van der Waals surface area contributed by atoms with Gasteiger partial charge in [-0.1, -0.05) is 48.5 Å². The van der Waals surface area contributed by atoms with Crippen LogP contribution in [0.5, 0.6) is 0 Å². The maximum absolute atomic E-state index is 13.5. The molecule has 6 nitrogen and oxygen atoms in total. The van der Waals surface area contributed by atoms with E-state index in [4.69, 9.17) is 0 Å². The van der Waals surface area contributed by atoms with Crippen molar-refractivity contribution in [1.29, 1.82) is 0 Å². The number of aryl methyl sites for hydroxylation is 1. The van der Waals surface area contributed by atoms with Gasteiger partial charge in [-0.2, -0.15) is 0 Å². The van der Waals surface area contributed by atoms with Crippen molar-refractivity contribution in [3.63, 3.8) is 0 Å². The van der Waals surface area contributed by atoms with Crippen LogP contribution in [0.25, 0.3) is 0 Å². The molecule has 0 aliphatic carbocycles. The molecule has 0 radical (unpaired) electrons. The average molecular weight is 372 g/mol. The molecule has 0 saturated carbocycles. The number of para-hydroxylation sites is 1. The minimum absolute atomic E-state index is 0.157. The molecule has 2 amide bonds. The first-order valence-electron chi connectivity index (χ1n) is 9.25. The molecule has 1 N–H and O–H groups in total. The topological polar surface area (TPSA) is 75.2 Å². The standard InChI is InChI=1S/C22H20N4O2/c27-21(18-15-23-12-13-24-18)25-20(17-8-2-1-3-9-17)22(28)26-14-6-10-16-7-4-5-11-19(16)26/h1-5,7-9,11-13,15,20H,6,10,14H2,(H,25,27). The fourth-order valence-electron chi connectivity index (χ4n) is 3.47. The van der Waals surface area contributed by atoms with E-state index in [0.29, 0.717) is 6.54 Å². The van der Waals surface area contributed by atoms with Gasteiger partial charge >= 0.3 is 0 Å². The number of nitrogens with one attached hydrogen (secondary N) is 1. The van der Waals surface area contributed by atoms with Gasteiger partial charge in [-0.05, 0) is 30.0 Å². The van der Waals surface area contributed by atoms with E-state index in [2.05, 4.69) is 15.3 Å². The minimum atomic E-state index is -0.804. The number of nitrogens with zero attached hydrogens (tertiary/aromatic N) is 3. The maximum Gasteiger partial charge on any atom is 0.272 e. The van der Waals surface area contributed by atoms with E-state index < -0.39 is 11.9 Å². The average Bonchev–Trinajstić information content (AvgIpc) is 2.77. The van der Waals surface area contributed by atoms with Crippen LogP contribution in [-0.2, 0) is 11.2 Å². The third-order valence-corrected chi connectivity index (χ3v) is 4.83. The highest BCUT2D eigenvalue weighted by molar-refractivity contribution is 6.02. The summed E-state index contributed by atoms with van der Waals surface area (Å²) in [6.45, 7) is 0.625. The lowest BCUT2D eigenvalue weighted by molar-refractivity contribution is -0.120. The molecule has 0 saturated heterocycles. The Morgan fingerprint density at radius 2 is 1.79 bits per heavy atom. The number of amides is 2. The molecule has 1 atom stereocenters. The fraction of sp³-hybridized carbons (Fsp3) is 0.182. The first-order chi connectivity index (χ1) is 13.7. The predicted molar refractivity (Wildman–Crippen MR) is 106 cm³/mol. The van der Waals surface area contributed by atoms with E-state index >= 15 is 0 Å². The molecule has 6 heteroatoms. The number of anilines is 1. The number of aromatic nitrogens is 2. The van der Waals surface area contributed by atoms with E-state index in [9.17, 15) is 9.59 Å². The van der Waals surface area contributed by atoms with Crippen molar-refractivity contribution in [3.05, 3.63) is 90.0 Å². The van der Waals surface area contributed by atoms with Crippen LogP contribution in [0.15, 0.2) is 73.2 Å². The molecule has 0 spiro atoms. The smallest absolute Gasteiger partial charge is 0.272 e. The van der Waals surface area contributed by atoms with Crippen molar-refractivity contribution in [3.8, 4) is 0 Å². The number of rotatable bonds is 4. The second-order valence-electron chi connectivity index (χ2n) is 6.63. The molecule has 0 fully saturated rings. The van der Waals surface area contributed by atoms with Gasteiger partial charge in [-0.3, -0.25) is 14.6 Å². The Labute approximate surface area is 163 Å². The molecule has 0 bridgehead atoms. The number of fused-ring (bicyclic) bond motifs is 1. The fourth-order valence-corrected chi connectivity index (χ4v) is 3.47. The lowest BCUT2D eigenvalue weighted by Gasteiger charge is -2.32. The second kappa shape index (κ2) is 8.00. The van der Waals surface area contributed by atoms with Crippen LogP contribution in [0.4, 0.5) is 5.69 Å². The molecule has 4 rings (SSSR count). The predicted octanol–water partition coefficient (Wildman–Crippen LogP) is 2.93. The molecular weight excluding hydrogens is 352 g/mol. The summed E-state index contributed by atoms with van der Waals surface area (Å²) in [5.74, 6) is -0.587. The van der Waals surface area contributed by atoms with Gasteiger partial charge in [0.05, 0.1) is 6.20 Å². The zero-order valence-corrected chi connectivity index (χ0v) is 15.3. The highest BCUT2D eigenvalue weighted by Gasteiger charge is 2.31. The Balaban J connectivity index is 1.66. The van der Waals surface area contributed by atoms with Crippen LogP contribution in [0.1, 0.15) is 34.1 Å². The molecule has 2 aromatic carbocycles. The molecule has 1 aliphatic heterocycles. The van der Waals surface area contributed by atoms with Gasteiger partial charge in [0.25, 0.3) is 11.8 Å². The highest BCUT2D eigenvalue weighted by Crippen LogP contribution is 2.29. The van der Waals surface area contributed by atoms with Crippen molar-refractivity contribution >= 4 is 17.5 Å². The first-order valence-corrected chi connectivity index (χ1v) is 9.25. The van der Waals surface area contributed by atoms with Crippen LogP contribution in [0, 0.1) is 0 Å². The zero-order chi connectivity index (χ0) is 19.3. The van der Waals surface area contributed by atoms with Gasteiger partial charge in [0, 0.05) is 24.6 Å². The van der Waals surface area contributed by atoms with E-state index in [-0.39, 0.29) is 11.6 Å². The van der Waals surface area contributed by atoms with E-state index in [1.165, 1.54) is 18.6 Å². The SMILES string of the molecule is O=C(NC(C(=O)N1CCCc2ccccc21)c1ccccc1)c1cnccn1. The van der Waals surface area contributed by atoms with E-state index in [0.717, 1.165) is 29.7 Å². The molecule has 140 valence electrons. The monoisotopic (exact) mass is 372 g/mol. The lowest BCUT2D eigenvalue weighted by atomic mass is 9.99. The Morgan fingerprint density at radius 3 is 2.57 bits per heavy atom. The number of hydrogen-bond donors (Lipinski definition) is 1. The van der Waals surface area contributed by atoms with Crippen molar-refractivity contribution in [2.24, 2.45) is 0 Å². The highest BCUT2D eigenvalue weighted by atomic mass is 16.2. The van der Waals surface area contributed by atoms with E-state index in [1.54, 1.807) is 4.90 Å². The lowest BCUT2D eigenvalue weighted by Crippen LogP contribution is -2.45. The van der Waals surface area contributed by atoms with Crippen LogP contribution in [0.2, 0.25) is 0 Å². The Hall–Kier alpha value is -3.54. The van der Waals surface area contributed by atoms with E-state index in [1.807, 2.05) is 54.6 Å². The number of carbonyl (C=O) groups is 2. The maximum atomic E-state index is 13.5. The third-order valence-electron chi connectivity index (χ3n) is 4.83. The summed E-state index contributed by atoms with van der Waals surface area (Å²) in [6.07, 6.45) is 6.18. The van der Waals surface area contributed by atoms with Crippen LogP contribution < -0.4 is 10.2 Å². The summed E-state index contributed by atoms with van der Waals surface area (Å²) in [4.78, 5) is 35.9. The first kappa shape index (κ1) is 17.9. The third kappa shape index (κ3) is 3.62. The molecular formula is C22H20N4O2. The van der Waals surface area contributed by atoms with Crippen molar-refractivity contribution in [2.45, 2.75) is 18.9 Å². The molecule has 1 aliphatic rings. The van der Waals surface area contributed by atoms with Gasteiger partial charge in [-0.15, -0.1) is 0 Å². The van der Waals surface area contributed by atoms with Gasteiger partial charge in [0.2, 0.25) is 0 Å². The molecule has 1 unspecified atom stereocenters. The van der Waals surface area contributed by atoms with Gasteiger partial charge in [0.15, 0.2) is 0 Å². The molecule has 2 heterocycles. The molecule has 1 aromatic heterocycles. The quantitative estimate of drug-likeness (QED) is 0.764. The van der Waals surface area contributed by atoms with Gasteiger partial charge < -0.3 is 10.2 Å². The number of benzene rings is 2. The molecule has 28 heavy (non-hydrogen) atoms. The Morgan fingerprint density at radius 1 is 1.00 bits per heavy atom. The van der Waals surface area contributed by atoms with Crippen molar-refractivity contribution in [1.82, 2.24) is 15.3 Å². The zero-order valence-electron chi connectivity index (χ0n) is 15.3. The number of hydrogen-bond acceptors (Lipinski definition) is 4. The van der Waals surface area contributed by atoms with Gasteiger partial charge in [0.1, 0.15) is 11.7 Å². The van der Waals surface area contributed by atoms with Crippen LogP contribution in [0.3, 0.4) is 0 Å². The summed E-state index contributed by atoms with van der Waals surface area (Å²) in [5, 5.41) is 2.84. The largest absolute Gasteiger partial charge is 0.335 e. The summed E-state index contributed by atoms with van der Waals surface area (Å²) in [5.41, 5.74) is 2.96. The number of carbonyl (C=O) groups excluding carboxylic acids is 2. The summed E-state index contributed by atoms with van der Waals surface area (Å²) in [7, 11) is 0. The van der Waals surface area contributed by atoms with Crippen LogP contribution in [-0.4, -0.2) is 28.3 Å².